The van der Waals surface area contributed by atoms with Crippen LogP contribution in [0.2, 0.25) is 0 Å². The standard InChI is InChI=1S/C14H21NO/c1-13(2,15)8-10-6-5-7-11-9-14(3,4)16-12(10)11/h5-7H,8-9,15H2,1-4H3. The Morgan fingerprint density at radius 2 is 2.06 bits per heavy atom. The van der Waals surface area contributed by atoms with Gasteiger partial charge in [-0.3, -0.25) is 0 Å². The van der Waals surface area contributed by atoms with Crippen LogP contribution in [0.3, 0.4) is 0 Å². The van der Waals surface area contributed by atoms with E-state index in [1.165, 1.54) is 11.1 Å². The maximum absolute atomic E-state index is 6.07. The smallest absolute Gasteiger partial charge is 0.126 e. The Morgan fingerprint density at radius 3 is 2.69 bits per heavy atom. The molecule has 2 N–H and O–H groups in total. The second-order valence-corrected chi connectivity index (χ2v) is 6.11. The molecular formula is C14H21NO. The van der Waals surface area contributed by atoms with Crippen molar-refractivity contribution in [3.63, 3.8) is 0 Å². The van der Waals surface area contributed by atoms with Gasteiger partial charge in [0.15, 0.2) is 0 Å². The first-order valence-corrected chi connectivity index (χ1v) is 5.86. The van der Waals surface area contributed by atoms with Gasteiger partial charge in [0.05, 0.1) is 0 Å². The predicted molar refractivity (Wildman–Crippen MR) is 66.8 cm³/mol. The van der Waals surface area contributed by atoms with E-state index in [9.17, 15) is 0 Å². The van der Waals surface area contributed by atoms with Crippen LogP contribution in [-0.2, 0) is 12.8 Å². The number of hydrogen-bond acceptors (Lipinski definition) is 2. The van der Waals surface area contributed by atoms with Gasteiger partial charge in [-0.25, -0.2) is 0 Å². The Hall–Kier alpha value is -1.02. The van der Waals surface area contributed by atoms with Crippen LogP contribution in [0.4, 0.5) is 0 Å². The van der Waals surface area contributed by atoms with Crippen molar-refractivity contribution in [2.45, 2.75) is 51.7 Å². The monoisotopic (exact) mass is 219 g/mol. The molecule has 0 saturated heterocycles. The quantitative estimate of drug-likeness (QED) is 0.830. The maximum Gasteiger partial charge on any atom is 0.126 e. The molecule has 2 heteroatoms. The van der Waals surface area contributed by atoms with Crippen LogP contribution >= 0.6 is 0 Å². The molecule has 2 nitrogen and oxygen atoms in total. The molecular weight excluding hydrogens is 198 g/mol. The Kier molecular flexibility index (Phi) is 2.50. The van der Waals surface area contributed by atoms with Gasteiger partial charge in [0.2, 0.25) is 0 Å². The number of ether oxygens (including phenoxy) is 1. The average Bonchev–Trinajstić information content (AvgIpc) is 2.37. The number of benzene rings is 1. The van der Waals surface area contributed by atoms with Gasteiger partial charge in [-0.15, -0.1) is 0 Å². The highest BCUT2D eigenvalue weighted by atomic mass is 16.5. The number of hydrogen-bond donors (Lipinski definition) is 1. The third-order valence-electron chi connectivity index (χ3n) is 2.82. The number of rotatable bonds is 2. The molecule has 1 aliphatic rings. The van der Waals surface area contributed by atoms with Crippen LogP contribution in [0.5, 0.6) is 5.75 Å². The molecule has 0 radical (unpaired) electrons. The van der Waals surface area contributed by atoms with Gasteiger partial charge in [-0.1, -0.05) is 18.2 Å². The fourth-order valence-corrected chi connectivity index (χ4v) is 2.31. The van der Waals surface area contributed by atoms with E-state index in [-0.39, 0.29) is 11.1 Å². The fraction of sp³-hybridized carbons (Fsp3) is 0.571. The van der Waals surface area contributed by atoms with Crippen molar-refractivity contribution >= 4 is 0 Å². The average molecular weight is 219 g/mol. The van der Waals surface area contributed by atoms with Crippen LogP contribution in [0.25, 0.3) is 0 Å². The van der Waals surface area contributed by atoms with E-state index in [4.69, 9.17) is 10.5 Å². The Bertz CT molecular complexity index is 402. The summed E-state index contributed by atoms with van der Waals surface area (Å²) in [5.74, 6) is 1.06. The van der Waals surface area contributed by atoms with Crippen LogP contribution < -0.4 is 10.5 Å². The van der Waals surface area contributed by atoms with Gasteiger partial charge in [0.25, 0.3) is 0 Å². The van der Waals surface area contributed by atoms with Crippen LogP contribution in [-0.4, -0.2) is 11.1 Å². The molecule has 0 saturated carbocycles. The van der Waals surface area contributed by atoms with Crippen LogP contribution in [0.1, 0.15) is 38.8 Å². The third kappa shape index (κ3) is 2.38. The highest BCUT2D eigenvalue weighted by Crippen LogP contribution is 2.38. The van der Waals surface area contributed by atoms with Crippen molar-refractivity contribution in [2.75, 3.05) is 0 Å². The van der Waals surface area contributed by atoms with Gasteiger partial charge in [-0.2, -0.15) is 0 Å². The normalized spacial score (nSPS) is 18.1. The number of fused-ring (bicyclic) bond motifs is 1. The molecule has 1 aromatic rings. The molecule has 1 aliphatic heterocycles. The molecule has 0 spiro atoms. The molecule has 0 aromatic heterocycles. The third-order valence-corrected chi connectivity index (χ3v) is 2.82. The minimum Gasteiger partial charge on any atom is -0.487 e. The first-order valence-electron chi connectivity index (χ1n) is 5.86. The van der Waals surface area contributed by atoms with Crippen molar-refractivity contribution in [2.24, 2.45) is 5.73 Å². The van der Waals surface area contributed by atoms with Crippen LogP contribution in [0.15, 0.2) is 18.2 Å². The van der Waals surface area contributed by atoms with Gasteiger partial charge in [0.1, 0.15) is 11.4 Å². The molecule has 0 atom stereocenters. The van der Waals surface area contributed by atoms with E-state index in [0.717, 1.165) is 18.6 Å². The topological polar surface area (TPSA) is 35.2 Å². The molecule has 0 fully saturated rings. The lowest BCUT2D eigenvalue weighted by atomic mass is 9.93. The maximum atomic E-state index is 6.07. The lowest BCUT2D eigenvalue weighted by molar-refractivity contribution is 0.137. The first kappa shape index (κ1) is 11.5. The highest BCUT2D eigenvalue weighted by molar-refractivity contribution is 5.46. The zero-order chi connectivity index (χ0) is 12.0. The van der Waals surface area contributed by atoms with Crippen molar-refractivity contribution in [3.8, 4) is 5.75 Å². The Morgan fingerprint density at radius 1 is 1.38 bits per heavy atom. The van der Waals surface area contributed by atoms with Crippen molar-refractivity contribution < 1.29 is 4.74 Å². The largest absolute Gasteiger partial charge is 0.487 e. The second kappa shape index (κ2) is 3.49. The molecule has 1 aromatic carbocycles. The summed E-state index contributed by atoms with van der Waals surface area (Å²) in [6, 6.07) is 6.37. The van der Waals surface area contributed by atoms with Gasteiger partial charge in [0, 0.05) is 12.0 Å². The predicted octanol–water partition coefficient (Wildman–Crippen LogP) is 2.68. The Labute approximate surface area is 97.8 Å². The number of para-hydroxylation sites is 1. The summed E-state index contributed by atoms with van der Waals surface area (Å²) in [4.78, 5) is 0. The molecule has 0 unspecified atom stereocenters. The van der Waals surface area contributed by atoms with Gasteiger partial charge in [-0.05, 0) is 45.2 Å². The zero-order valence-corrected chi connectivity index (χ0v) is 10.6. The molecule has 0 aliphatic carbocycles. The van der Waals surface area contributed by atoms with E-state index >= 15 is 0 Å². The van der Waals surface area contributed by atoms with Gasteiger partial charge < -0.3 is 10.5 Å². The van der Waals surface area contributed by atoms with Crippen molar-refractivity contribution in [3.05, 3.63) is 29.3 Å². The summed E-state index contributed by atoms with van der Waals surface area (Å²) in [6.45, 7) is 8.35. The summed E-state index contributed by atoms with van der Waals surface area (Å²) in [5.41, 5.74) is 8.36. The van der Waals surface area contributed by atoms with Crippen molar-refractivity contribution in [1.82, 2.24) is 0 Å². The molecule has 0 amide bonds. The lowest BCUT2D eigenvalue weighted by Gasteiger charge is -2.22. The SMILES string of the molecule is CC(C)(N)Cc1cccc2c1OC(C)(C)C2. The highest BCUT2D eigenvalue weighted by Gasteiger charge is 2.32. The molecule has 88 valence electrons. The van der Waals surface area contributed by atoms with E-state index in [1.54, 1.807) is 0 Å². The molecule has 0 bridgehead atoms. The summed E-state index contributed by atoms with van der Waals surface area (Å²) in [7, 11) is 0. The molecule has 1 heterocycles. The van der Waals surface area contributed by atoms with E-state index in [1.807, 2.05) is 13.8 Å². The van der Waals surface area contributed by atoms with E-state index < -0.39 is 0 Å². The molecule has 2 rings (SSSR count). The Balaban J connectivity index is 2.34. The summed E-state index contributed by atoms with van der Waals surface area (Å²) < 4.78 is 6.02. The zero-order valence-electron chi connectivity index (χ0n) is 10.6. The minimum atomic E-state index is -0.189. The first-order chi connectivity index (χ1) is 7.27. The lowest BCUT2D eigenvalue weighted by Crippen LogP contribution is -2.34. The number of nitrogens with two attached hydrogens (primary N) is 1. The van der Waals surface area contributed by atoms with E-state index in [0.29, 0.717) is 0 Å². The van der Waals surface area contributed by atoms with Crippen LogP contribution in [0, 0.1) is 0 Å². The van der Waals surface area contributed by atoms with E-state index in [2.05, 4.69) is 32.0 Å². The summed E-state index contributed by atoms with van der Waals surface area (Å²) in [6.07, 6.45) is 1.84. The van der Waals surface area contributed by atoms with Gasteiger partial charge >= 0.3 is 0 Å². The van der Waals surface area contributed by atoms with Crippen molar-refractivity contribution in [1.29, 1.82) is 0 Å². The summed E-state index contributed by atoms with van der Waals surface area (Å²) in [5, 5.41) is 0. The second-order valence-electron chi connectivity index (χ2n) is 6.11. The molecule has 16 heavy (non-hydrogen) atoms. The minimum absolute atomic E-state index is 0.0722. The fourth-order valence-electron chi connectivity index (χ4n) is 2.31. The summed E-state index contributed by atoms with van der Waals surface area (Å²) >= 11 is 0.